The summed E-state index contributed by atoms with van der Waals surface area (Å²) in [6.07, 6.45) is 2.75. The van der Waals surface area contributed by atoms with Crippen LogP contribution in [0, 0.1) is 6.92 Å². The summed E-state index contributed by atoms with van der Waals surface area (Å²) in [5, 5.41) is 18.3. The van der Waals surface area contributed by atoms with E-state index in [-0.39, 0.29) is 18.1 Å². The van der Waals surface area contributed by atoms with Crippen molar-refractivity contribution >= 4 is 11.9 Å². The molecule has 0 aliphatic carbocycles. The number of aromatic carboxylic acids is 1. The van der Waals surface area contributed by atoms with Crippen molar-refractivity contribution in [1.82, 2.24) is 25.3 Å². The molecule has 0 aliphatic heterocycles. The van der Waals surface area contributed by atoms with Crippen LogP contribution in [-0.2, 0) is 11.3 Å². The number of aromatic nitrogens is 4. The largest absolute Gasteiger partial charge is 0.476 e. The van der Waals surface area contributed by atoms with Crippen molar-refractivity contribution < 1.29 is 19.1 Å². The van der Waals surface area contributed by atoms with Gasteiger partial charge in [0.05, 0.1) is 12.4 Å². The van der Waals surface area contributed by atoms with Crippen LogP contribution in [0.4, 0.5) is 0 Å². The number of carboxylic acids is 1. The third-order valence-electron chi connectivity index (χ3n) is 2.45. The van der Waals surface area contributed by atoms with Gasteiger partial charge in [-0.25, -0.2) is 14.5 Å². The molecule has 0 bridgehead atoms. The molecular formula is C11H13N5O4. The number of aryl methyl sites for hydroxylation is 1. The highest BCUT2D eigenvalue weighted by Crippen LogP contribution is 2.11. The quantitative estimate of drug-likeness (QED) is 0.798. The standard InChI is InChI=1S/C11H13N5O4/c1-6-3-12-10(20-6)7(2)13-9(17)5-16-4-8(11(18)19)14-15-16/h3-4,7H,5H2,1-2H3,(H,13,17)(H,18,19). The van der Waals surface area contributed by atoms with E-state index >= 15 is 0 Å². The van der Waals surface area contributed by atoms with Gasteiger partial charge in [0, 0.05) is 0 Å². The van der Waals surface area contributed by atoms with Gasteiger partial charge in [0.2, 0.25) is 11.8 Å². The molecule has 0 aromatic carbocycles. The topological polar surface area (TPSA) is 123 Å². The van der Waals surface area contributed by atoms with E-state index in [1.165, 1.54) is 6.20 Å². The van der Waals surface area contributed by atoms with E-state index in [2.05, 4.69) is 20.6 Å². The summed E-state index contributed by atoms with van der Waals surface area (Å²) in [7, 11) is 0. The SMILES string of the molecule is Cc1cnc(C(C)NC(=O)Cn2cc(C(=O)O)nn2)o1. The average molecular weight is 279 g/mol. The predicted molar refractivity (Wildman–Crippen MR) is 64.8 cm³/mol. The van der Waals surface area contributed by atoms with Crippen LogP contribution >= 0.6 is 0 Å². The Balaban J connectivity index is 1.93. The smallest absolute Gasteiger partial charge is 0.358 e. The first-order valence-electron chi connectivity index (χ1n) is 5.81. The first-order valence-corrected chi connectivity index (χ1v) is 5.81. The van der Waals surface area contributed by atoms with E-state index in [1.54, 1.807) is 20.0 Å². The van der Waals surface area contributed by atoms with Crippen molar-refractivity contribution in [1.29, 1.82) is 0 Å². The molecule has 2 rings (SSSR count). The Hall–Kier alpha value is -2.71. The number of nitrogens with zero attached hydrogens (tertiary/aromatic N) is 4. The van der Waals surface area contributed by atoms with E-state index < -0.39 is 12.0 Å². The van der Waals surface area contributed by atoms with Crippen LogP contribution in [0.1, 0.15) is 35.1 Å². The Morgan fingerprint density at radius 3 is 2.85 bits per heavy atom. The second kappa shape index (κ2) is 5.51. The highest BCUT2D eigenvalue weighted by Gasteiger charge is 2.16. The van der Waals surface area contributed by atoms with Gasteiger partial charge in [0.15, 0.2) is 5.69 Å². The van der Waals surface area contributed by atoms with Gasteiger partial charge in [-0.1, -0.05) is 5.21 Å². The maximum Gasteiger partial charge on any atom is 0.358 e. The molecule has 0 fully saturated rings. The van der Waals surface area contributed by atoms with E-state index in [4.69, 9.17) is 9.52 Å². The number of rotatable bonds is 5. The van der Waals surface area contributed by atoms with Gasteiger partial charge in [-0.05, 0) is 13.8 Å². The third kappa shape index (κ3) is 3.19. The van der Waals surface area contributed by atoms with Crippen LogP contribution in [0.5, 0.6) is 0 Å². The molecule has 20 heavy (non-hydrogen) atoms. The molecular weight excluding hydrogens is 266 g/mol. The predicted octanol–water partition coefficient (Wildman–Crippen LogP) is 0.150. The lowest BCUT2D eigenvalue weighted by atomic mass is 10.3. The fraction of sp³-hybridized carbons (Fsp3) is 0.364. The van der Waals surface area contributed by atoms with Gasteiger partial charge in [-0.2, -0.15) is 0 Å². The van der Waals surface area contributed by atoms with Gasteiger partial charge in [0.1, 0.15) is 18.3 Å². The first kappa shape index (κ1) is 13.7. The van der Waals surface area contributed by atoms with Crippen LogP contribution in [-0.4, -0.2) is 37.0 Å². The lowest BCUT2D eigenvalue weighted by Crippen LogP contribution is -2.30. The summed E-state index contributed by atoms with van der Waals surface area (Å²) in [6, 6.07) is -0.390. The van der Waals surface area contributed by atoms with Crippen molar-refractivity contribution in [2.45, 2.75) is 26.4 Å². The van der Waals surface area contributed by atoms with Crippen LogP contribution in [0.25, 0.3) is 0 Å². The molecule has 0 saturated carbocycles. The number of carbonyl (C=O) groups is 2. The summed E-state index contributed by atoms with van der Waals surface area (Å²) in [5.41, 5.74) is -0.214. The number of oxazole rings is 1. The van der Waals surface area contributed by atoms with Gasteiger partial charge >= 0.3 is 5.97 Å². The molecule has 1 amide bonds. The van der Waals surface area contributed by atoms with Crippen molar-refractivity contribution in [3.05, 3.63) is 29.7 Å². The Morgan fingerprint density at radius 1 is 1.55 bits per heavy atom. The molecule has 0 saturated heterocycles. The fourth-order valence-electron chi connectivity index (χ4n) is 1.54. The summed E-state index contributed by atoms with van der Waals surface area (Å²) >= 11 is 0. The highest BCUT2D eigenvalue weighted by molar-refractivity contribution is 5.84. The molecule has 2 N–H and O–H groups in total. The Morgan fingerprint density at radius 2 is 2.30 bits per heavy atom. The zero-order valence-corrected chi connectivity index (χ0v) is 10.9. The van der Waals surface area contributed by atoms with Crippen molar-refractivity contribution in [2.75, 3.05) is 0 Å². The summed E-state index contributed by atoms with van der Waals surface area (Å²) < 4.78 is 6.44. The van der Waals surface area contributed by atoms with E-state index in [0.717, 1.165) is 4.68 Å². The number of hydrogen-bond acceptors (Lipinski definition) is 6. The molecule has 2 aromatic heterocycles. The number of nitrogens with one attached hydrogen (secondary N) is 1. The van der Waals surface area contributed by atoms with E-state index in [1.807, 2.05) is 0 Å². The van der Waals surface area contributed by atoms with Crippen LogP contribution < -0.4 is 5.32 Å². The van der Waals surface area contributed by atoms with Crippen LogP contribution in [0.3, 0.4) is 0 Å². The zero-order valence-electron chi connectivity index (χ0n) is 10.9. The molecule has 0 aliphatic rings. The zero-order chi connectivity index (χ0) is 14.7. The minimum absolute atomic E-state index is 0.135. The maximum absolute atomic E-state index is 11.8. The molecule has 106 valence electrons. The van der Waals surface area contributed by atoms with Crippen molar-refractivity contribution in [3.63, 3.8) is 0 Å². The van der Waals surface area contributed by atoms with Crippen molar-refractivity contribution in [2.24, 2.45) is 0 Å². The van der Waals surface area contributed by atoms with Gasteiger partial charge < -0.3 is 14.8 Å². The minimum Gasteiger partial charge on any atom is -0.476 e. The minimum atomic E-state index is -1.19. The number of amides is 1. The first-order chi connectivity index (χ1) is 9.45. The van der Waals surface area contributed by atoms with E-state index in [9.17, 15) is 9.59 Å². The summed E-state index contributed by atoms with van der Waals surface area (Å²) in [5.74, 6) is -0.486. The average Bonchev–Trinajstić information content (AvgIpc) is 2.98. The Bertz CT molecular complexity index is 632. The lowest BCUT2D eigenvalue weighted by Gasteiger charge is -2.09. The summed E-state index contributed by atoms with van der Waals surface area (Å²) in [6.45, 7) is 3.35. The molecule has 0 radical (unpaired) electrons. The maximum atomic E-state index is 11.8. The number of carboxylic acid groups (broad SMARTS) is 1. The van der Waals surface area contributed by atoms with Gasteiger partial charge in [-0.15, -0.1) is 5.10 Å². The van der Waals surface area contributed by atoms with Gasteiger partial charge in [-0.3, -0.25) is 4.79 Å². The molecule has 9 nitrogen and oxygen atoms in total. The third-order valence-corrected chi connectivity index (χ3v) is 2.45. The molecule has 1 unspecified atom stereocenters. The molecule has 1 atom stereocenters. The summed E-state index contributed by atoms with van der Waals surface area (Å²) in [4.78, 5) is 26.4. The number of hydrogen-bond donors (Lipinski definition) is 2. The second-order valence-corrected chi connectivity index (χ2v) is 4.20. The van der Waals surface area contributed by atoms with Crippen LogP contribution in [0.2, 0.25) is 0 Å². The Kier molecular flexibility index (Phi) is 3.78. The Labute approximate surface area is 113 Å². The lowest BCUT2D eigenvalue weighted by molar-refractivity contribution is -0.122. The second-order valence-electron chi connectivity index (χ2n) is 4.20. The highest BCUT2D eigenvalue weighted by atomic mass is 16.4. The van der Waals surface area contributed by atoms with Gasteiger partial charge in [0.25, 0.3) is 0 Å². The van der Waals surface area contributed by atoms with E-state index in [0.29, 0.717) is 11.7 Å². The molecule has 2 aromatic rings. The number of carbonyl (C=O) groups excluding carboxylic acids is 1. The molecule has 0 spiro atoms. The molecule has 9 heteroatoms. The normalized spacial score (nSPS) is 12.1. The van der Waals surface area contributed by atoms with Crippen molar-refractivity contribution in [3.8, 4) is 0 Å². The molecule has 2 heterocycles. The monoisotopic (exact) mass is 279 g/mol. The van der Waals surface area contributed by atoms with Crippen LogP contribution in [0.15, 0.2) is 16.8 Å². The fourth-order valence-corrected chi connectivity index (χ4v) is 1.54.